The van der Waals surface area contributed by atoms with Gasteiger partial charge in [-0.2, -0.15) is 0 Å². The lowest BCUT2D eigenvalue weighted by Gasteiger charge is -2.35. The van der Waals surface area contributed by atoms with Gasteiger partial charge in [-0.1, -0.05) is 26.7 Å². The molecule has 1 fully saturated rings. The first kappa shape index (κ1) is 14.3. The predicted octanol–water partition coefficient (Wildman–Crippen LogP) is 3.54. The van der Waals surface area contributed by atoms with E-state index in [0.29, 0.717) is 12.5 Å². The molecule has 1 heterocycles. The number of aliphatic hydroxyl groups is 1. The maximum absolute atomic E-state index is 9.77. The van der Waals surface area contributed by atoms with Crippen LogP contribution in [0.1, 0.15) is 57.7 Å². The number of nitrogens with zero attached hydrogens (tertiary/aromatic N) is 2. The van der Waals surface area contributed by atoms with Crippen LogP contribution in [0, 0.1) is 5.92 Å². The van der Waals surface area contributed by atoms with Crippen LogP contribution in [0.4, 0.5) is 5.69 Å². The Balaban J connectivity index is 2.04. The van der Waals surface area contributed by atoms with Crippen molar-refractivity contribution in [3.05, 3.63) is 24.0 Å². The summed E-state index contributed by atoms with van der Waals surface area (Å²) in [5, 5.41) is 9.77. The summed E-state index contributed by atoms with van der Waals surface area (Å²) in [5.74, 6) is 0.829. The molecule has 1 N–H and O–H groups in total. The zero-order chi connectivity index (χ0) is 13.8. The van der Waals surface area contributed by atoms with Crippen LogP contribution in [0.25, 0.3) is 0 Å². The molecular formula is C16H26N2O. The molecule has 0 radical (unpaired) electrons. The van der Waals surface area contributed by atoms with Crippen LogP contribution >= 0.6 is 0 Å². The third-order valence-electron chi connectivity index (χ3n) is 4.36. The van der Waals surface area contributed by atoms with E-state index in [1.807, 2.05) is 19.2 Å². The van der Waals surface area contributed by atoms with Crippen LogP contribution in [0.2, 0.25) is 0 Å². The first-order valence-electron chi connectivity index (χ1n) is 7.48. The minimum Gasteiger partial charge on any atom is -0.387 e. The van der Waals surface area contributed by atoms with Gasteiger partial charge in [-0.15, -0.1) is 0 Å². The first-order chi connectivity index (χ1) is 9.11. The summed E-state index contributed by atoms with van der Waals surface area (Å²) in [7, 11) is 2.16. The lowest BCUT2D eigenvalue weighted by atomic mass is 9.86. The summed E-state index contributed by atoms with van der Waals surface area (Å²) in [6.45, 7) is 4.31. The number of aliphatic hydroxyl groups excluding tert-OH is 1. The van der Waals surface area contributed by atoms with Crippen molar-refractivity contribution in [1.82, 2.24) is 4.98 Å². The molecule has 106 valence electrons. The Bertz CT molecular complexity index is 390. The molecular weight excluding hydrogens is 236 g/mol. The third kappa shape index (κ3) is 3.47. The summed E-state index contributed by atoms with van der Waals surface area (Å²) in [6.07, 6.45) is 7.42. The van der Waals surface area contributed by atoms with E-state index in [1.54, 1.807) is 0 Å². The highest BCUT2D eigenvalue weighted by atomic mass is 16.3. The van der Waals surface area contributed by atoms with E-state index in [2.05, 4.69) is 29.9 Å². The van der Waals surface area contributed by atoms with Crippen LogP contribution in [-0.2, 0) is 0 Å². The van der Waals surface area contributed by atoms with E-state index in [4.69, 9.17) is 0 Å². The fraction of sp³-hybridized carbons (Fsp3) is 0.688. The predicted molar refractivity (Wildman–Crippen MR) is 79.3 cm³/mol. The van der Waals surface area contributed by atoms with E-state index < -0.39 is 6.10 Å². The Labute approximate surface area is 116 Å². The van der Waals surface area contributed by atoms with Gasteiger partial charge in [0.05, 0.1) is 23.7 Å². The third-order valence-corrected chi connectivity index (χ3v) is 4.36. The van der Waals surface area contributed by atoms with Gasteiger partial charge < -0.3 is 10.0 Å². The summed E-state index contributed by atoms with van der Waals surface area (Å²) >= 11 is 0. The molecule has 3 unspecified atom stereocenters. The average molecular weight is 262 g/mol. The van der Waals surface area contributed by atoms with Crippen molar-refractivity contribution in [2.75, 3.05) is 11.9 Å². The van der Waals surface area contributed by atoms with E-state index in [0.717, 1.165) is 17.3 Å². The van der Waals surface area contributed by atoms with Gasteiger partial charge in [-0.3, -0.25) is 4.98 Å². The van der Waals surface area contributed by atoms with Crippen LogP contribution in [-0.4, -0.2) is 23.2 Å². The molecule has 1 aliphatic carbocycles. The number of aromatic nitrogens is 1. The molecule has 19 heavy (non-hydrogen) atoms. The zero-order valence-electron chi connectivity index (χ0n) is 12.3. The molecule has 3 heteroatoms. The second-order valence-electron chi connectivity index (χ2n) is 5.90. The Morgan fingerprint density at radius 1 is 1.42 bits per heavy atom. The van der Waals surface area contributed by atoms with Gasteiger partial charge in [0.1, 0.15) is 0 Å². The second-order valence-corrected chi connectivity index (χ2v) is 5.90. The van der Waals surface area contributed by atoms with Crippen molar-refractivity contribution in [3.63, 3.8) is 0 Å². The molecule has 0 aromatic carbocycles. The first-order valence-corrected chi connectivity index (χ1v) is 7.48. The van der Waals surface area contributed by atoms with Gasteiger partial charge in [0.15, 0.2) is 0 Å². The van der Waals surface area contributed by atoms with Gasteiger partial charge in [-0.25, -0.2) is 0 Å². The van der Waals surface area contributed by atoms with Gasteiger partial charge in [0, 0.05) is 13.1 Å². The Morgan fingerprint density at radius 2 is 2.21 bits per heavy atom. The van der Waals surface area contributed by atoms with Crippen molar-refractivity contribution in [3.8, 4) is 0 Å². The van der Waals surface area contributed by atoms with Crippen molar-refractivity contribution < 1.29 is 5.11 Å². The van der Waals surface area contributed by atoms with Crippen molar-refractivity contribution in [2.45, 2.75) is 58.1 Å². The minimum absolute atomic E-state index is 0.436. The highest BCUT2D eigenvalue weighted by Crippen LogP contribution is 2.29. The molecule has 1 saturated carbocycles. The fourth-order valence-corrected chi connectivity index (χ4v) is 2.98. The van der Waals surface area contributed by atoms with E-state index >= 15 is 0 Å². The lowest BCUT2D eigenvalue weighted by molar-refractivity contribution is 0.169. The Morgan fingerprint density at radius 3 is 2.79 bits per heavy atom. The maximum atomic E-state index is 9.77. The normalized spacial score (nSPS) is 25.1. The van der Waals surface area contributed by atoms with Crippen LogP contribution in [0.3, 0.4) is 0 Å². The molecule has 0 spiro atoms. The van der Waals surface area contributed by atoms with E-state index in [1.165, 1.54) is 25.7 Å². The number of pyridine rings is 1. The maximum Gasteiger partial charge on any atom is 0.0957 e. The average Bonchev–Trinajstić information content (AvgIpc) is 2.46. The van der Waals surface area contributed by atoms with Crippen LogP contribution in [0.15, 0.2) is 18.3 Å². The molecule has 0 bridgehead atoms. The van der Waals surface area contributed by atoms with Crippen LogP contribution in [0.5, 0.6) is 0 Å². The zero-order valence-corrected chi connectivity index (χ0v) is 12.3. The largest absolute Gasteiger partial charge is 0.387 e. The quantitative estimate of drug-likeness (QED) is 0.901. The molecule has 1 aromatic rings. The van der Waals surface area contributed by atoms with Gasteiger partial charge >= 0.3 is 0 Å². The second kappa shape index (κ2) is 6.38. The van der Waals surface area contributed by atoms with Crippen molar-refractivity contribution in [2.24, 2.45) is 5.92 Å². The summed E-state index contributed by atoms with van der Waals surface area (Å²) in [6, 6.07) is 4.67. The SMILES string of the molecule is CCC(O)c1ccc(N(C)C2CCCC(C)C2)cn1. The van der Waals surface area contributed by atoms with Crippen LogP contribution < -0.4 is 4.90 Å². The smallest absolute Gasteiger partial charge is 0.0957 e. The van der Waals surface area contributed by atoms with Gasteiger partial charge in [0.25, 0.3) is 0 Å². The van der Waals surface area contributed by atoms with Crippen molar-refractivity contribution >= 4 is 5.69 Å². The Hall–Kier alpha value is -1.09. The molecule has 0 amide bonds. The number of hydrogen-bond acceptors (Lipinski definition) is 3. The highest BCUT2D eigenvalue weighted by molar-refractivity contribution is 5.45. The Kier molecular flexibility index (Phi) is 4.81. The van der Waals surface area contributed by atoms with Gasteiger partial charge in [0.2, 0.25) is 0 Å². The van der Waals surface area contributed by atoms with Crippen molar-refractivity contribution in [1.29, 1.82) is 0 Å². The number of anilines is 1. The topological polar surface area (TPSA) is 36.4 Å². The molecule has 3 atom stereocenters. The summed E-state index contributed by atoms with van der Waals surface area (Å²) in [5.41, 5.74) is 1.93. The summed E-state index contributed by atoms with van der Waals surface area (Å²) < 4.78 is 0. The highest BCUT2D eigenvalue weighted by Gasteiger charge is 2.22. The molecule has 1 aliphatic rings. The standard InChI is InChI=1S/C16H26N2O/c1-4-16(19)15-9-8-14(11-17-15)18(3)13-7-5-6-12(2)10-13/h8-9,11-13,16,19H,4-7,10H2,1-3H3. The fourth-order valence-electron chi connectivity index (χ4n) is 2.98. The van der Waals surface area contributed by atoms with Gasteiger partial charge in [-0.05, 0) is 37.3 Å². The number of rotatable bonds is 4. The lowest BCUT2D eigenvalue weighted by Crippen LogP contribution is -2.35. The van der Waals surface area contributed by atoms with E-state index in [9.17, 15) is 5.11 Å². The monoisotopic (exact) mass is 262 g/mol. The minimum atomic E-state index is -0.436. The molecule has 2 rings (SSSR count). The molecule has 0 saturated heterocycles. The molecule has 1 aromatic heterocycles. The molecule has 0 aliphatic heterocycles. The number of hydrogen-bond donors (Lipinski definition) is 1. The molecule has 3 nitrogen and oxygen atoms in total. The summed E-state index contributed by atoms with van der Waals surface area (Å²) in [4.78, 5) is 6.74. The van der Waals surface area contributed by atoms with E-state index in [-0.39, 0.29) is 0 Å².